The highest BCUT2D eigenvalue weighted by atomic mass is 16.3. The van der Waals surface area contributed by atoms with Crippen LogP contribution in [0.2, 0.25) is 0 Å². The Bertz CT molecular complexity index is 589. The second-order valence-electron chi connectivity index (χ2n) is 7.53. The molecule has 126 valence electrons. The number of β-amino-alcohol motifs (C(OH)–C–C–N with tert-alkyl or cyclic N) is 1. The fraction of sp³-hybridized carbons (Fsp3) is 0.632. The summed E-state index contributed by atoms with van der Waals surface area (Å²) in [5.74, 6) is -0.0721. The number of amides is 1. The molecule has 1 unspecified atom stereocenters. The van der Waals surface area contributed by atoms with Crippen LogP contribution in [-0.2, 0) is 24.2 Å². The Labute approximate surface area is 138 Å². The van der Waals surface area contributed by atoms with Crippen LogP contribution in [0.5, 0.6) is 0 Å². The Morgan fingerprint density at radius 2 is 2.13 bits per heavy atom. The number of aliphatic hydroxyl groups is 1. The molecule has 4 heteroatoms. The lowest BCUT2D eigenvalue weighted by atomic mass is 9.73. The molecule has 1 aliphatic heterocycles. The molecule has 0 bridgehead atoms. The zero-order chi connectivity index (χ0) is 16.5. The smallest absolute Gasteiger partial charge is 0.228 e. The van der Waals surface area contributed by atoms with Gasteiger partial charge >= 0.3 is 0 Å². The highest BCUT2D eigenvalue weighted by Gasteiger charge is 2.50. The minimum atomic E-state index is -0.965. The first kappa shape index (κ1) is 16.5. The van der Waals surface area contributed by atoms with E-state index in [0.717, 1.165) is 19.4 Å². The van der Waals surface area contributed by atoms with Crippen molar-refractivity contribution in [3.8, 4) is 0 Å². The first-order valence-corrected chi connectivity index (χ1v) is 8.75. The van der Waals surface area contributed by atoms with Gasteiger partial charge in [0.05, 0.1) is 11.0 Å². The van der Waals surface area contributed by atoms with Crippen molar-refractivity contribution in [3.63, 3.8) is 0 Å². The van der Waals surface area contributed by atoms with Crippen molar-refractivity contribution in [3.05, 3.63) is 34.9 Å². The van der Waals surface area contributed by atoms with Gasteiger partial charge in [-0.1, -0.05) is 18.2 Å². The molecule has 1 aliphatic carbocycles. The van der Waals surface area contributed by atoms with E-state index >= 15 is 0 Å². The molecule has 1 aromatic rings. The van der Waals surface area contributed by atoms with Gasteiger partial charge in [0.1, 0.15) is 0 Å². The maximum absolute atomic E-state index is 12.7. The summed E-state index contributed by atoms with van der Waals surface area (Å²) in [6.45, 7) is 5.48. The SMILES string of the molecule is CC(C)(C(=O)NCc1cccc2c1CCCC2)C1(O)CCNC1. The maximum Gasteiger partial charge on any atom is 0.228 e. The van der Waals surface area contributed by atoms with E-state index in [1.807, 2.05) is 13.8 Å². The van der Waals surface area contributed by atoms with E-state index in [1.165, 1.54) is 29.5 Å². The lowest BCUT2D eigenvalue weighted by Gasteiger charge is -2.38. The predicted octanol–water partition coefficient (Wildman–Crippen LogP) is 1.93. The fourth-order valence-electron chi connectivity index (χ4n) is 3.85. The summed E-state index contributed by atoms with van der Waals surface area (Å²) in [6, 6.07) is 6.41. The van der Waals surface area contributed by atoms with Gasteiger partial charge in [-0.25, -0.2) is 0 Å². The molecule has 0 radical (unpaired) electrons. The highest BCUT2D eigenvalue weighted by molar-refractivity contribution is 5.83. The van der Waals surface area contributed by atoms with E-state index in [1.54, 1.807) is 0 Å². The summed E-state index contributed by atoms with van der Waals surface area (Å²) in [5, 5.41) is 17.0. The van der Waals surface area contributed by atoms with E-state index in [9.17, 15) is 9.90 Å². The van der Waals surface area contributed by atoms with Gasteiger partial charge in [-0.3, -0.25) is 4.79 Å². The summed E-state index contributed by atoms with van der Waals surface area (Å²) in [7, 11) is 0. The van der Waals surface area contributed by atoms with Gasteiger partial charge in [-0.05, 0) is 69.2 Å². The standard InChI is InChI=1S/C19H28N2O2/c1-18(2,19(23)10-11-20-13-19)17(22)21-12-15-8-5-7-14-6-3-4-9-16(14)15/h5,7-8,20,23H,3-4,6,9-13H2,1-2H3,(H,21,22). The number of hydrogen-bond donors (Lipinski definition) is 3. The first-order valence-electron chi connectivity index (χ1n) is 8.75. The van der Waals surface area contributed by atoms with Crippen LogP contribution in [0.4, 0.5) is 0 Å². The molecule has 1 amide bonds. The summed E-state index contributed by atoms with van der Waals surface area (Å²) in [5.41, 5.74) is 2.31. The third-order valence-electron chi connectivity index (χ3n) is 5.80. The second-order valence-corrected chi connectivity index (χ2v) is 7.53. The van der Waals surface area contributed by atoms with Gasteiger partial charge in [0, 0.05) is 13.1 Å². The fourth-order valence-corrected chi connectivity index (χ4v) is 3.85. The van der Waals surface area contributed by atoms with Crippen molar-refractivity contribution in [2.24, 2.45) is 5.41 Å². The van der Waals surface area contributed by atoms with E-state index in [-0.39, 0.29) is 5.91 Å². The highest BCUT2D eigenvalue weighted by Crippen LogP contribution is 2.36. The van der Waals surface area contributed by atoms with Crippen LogP contribution in [0, 0.1) is 5.41 Å². The summed E-state index contributed by atoms with van der Waals surface area (Å²) < 4.78 is 0. The summed E-state index contributed by atoms with van der Waals surface area (Å²) in [6.07, 6.45) is 5.37. The topological polar surface area (TPSA) is 61.4 Å². The molecule has 3 rings (SSSR count). The quantitative estimate of drug-likeness (QED) is 0.795. The molecular formula is C19H28N2O2. The lowest BCUT2D eigenvalue weighted by molar-refractivity contribution is -0.144. The second kappa shape index (κ2) is 6.25. The van der Waals surface area contributed by atoms with Crippen LogP contribution < -0.4 is 10.6 Å². The summed E-state index contributed by atoms with van der Waals surface area (Å²) in [4.78, 5) is 12.7. The molecule has 1 atom stereocenters. The molecule has 0 saturated carbocycles. The number of carbonyl (C=O) groups is 1. The molecule has 4 nitrogen and oxygen atoms in total. The Morgan fingerprint density at radius 3 is 2.87 bits per heavy atom. The Morgan fingerprint density at radius 1 is 1.35 bits per heavy atom. The average Bonchev–Trinajstić information content (AvgIpc) is 3.01. The molecule has 2 aliphatic rings. The van der Waals surface area contributed by atoms with Crippen molar-refractivity contribution < 1.29 is 9.90 Å². The number of fused-ring (bicyclic) bond motifs is 1. The Balaban J connectivity index is 1.70. The summed E-state index contributed by atoms with van der Waals surface area (Å²) >= 11 is 0. The molecular weight excluding hydrogens is 288 g/mol. The number of hydrogen-bond acceptors (Lipinski definition) is 3. The predicted molar refractivity (Wildman–Crippen MR) is 91.1 cm³/mol. The van der Waals surface area contributed by atoms with E-state index < -0.39 is 11.0 Å². The van der Waals surface area contributed by atoms with Crippen molar-refractivity contribution >= 4 is 5.91 Å². The zero-order valence-electron chi connectivity index (χ0n) is 14.2. The number of carbonyl (C=O) groups excluding carboxylic acids is 1. The molecule has 1 aromatic carbocycles. The lowest BCUT2D eigenvalue weighted by Crippen LogP contribution is -2.54. The van der Waals surface area contributed by atoms with Gasteiger partial charge in [-0.2, -0.15) is 0 Å². The number of aryl methyl sites for hydroxylation is 1. The van der Waals surface area contributed by atoms with Crippen molar-refractivity contribution in [2.45, 2.75) is 58.1 Å². The zero-order valence-corrected chi connectivity index (χ0v) is 14.2. The van der Waals surface area contributed by atoms with Crippen molar-refractivity contribution in [2.75, 3.05) is 13.1 Å². The third kappa shape index (κ3) is 3.02. The third-order valence-corrected chi connectivity index (χ3v) is 5.80. The molecule has 1 saturated heterocycles. The van der Waals surface area contributed by atoms with Gasteiger partial charge in [0.25, 0.3) is 0 Å². The van der Waals surface area contributed by atoms with Crippen molar-refractivity contribution in [1.29, 1.82) is 0 Å². The molecule has 1 fully saturated rings. The van der Waals surface area contributed by atoms with Crippen LogP contribution in [0.25, 0.3) is 0 Å². The molecule has 23 heavy (non-hydrogen) atoms. The van der Waals surface area contributed by atoms with Crippen LogP contribution >= 0.6 is 0 Å². The normalized spacial score (nSPS) is 24.3. The maximum atomic E-state index is 12.7. The number of nitrogens with one attached hydrogen (secondary N) is 2. The first-order chi connectivity index (χ1) is 10.9. The van der Waals surface area contributed by atoms with E-state index in [2.05, 4.69) is 28.8 Å². The van der Waals surface area contributed by atoms with Crippen LogP contribution in [0.15, 0.2) is 18.2 Å². The monoisotopic (exact) mass is 316 g/mol. The largest absolute Gasteiger partial charge is 0.387 e. The Kier molecular flexibility index (Phi) is 4.47. The minimum Gasteiger partial charge on any atom is -0.387 e. The number of rotatable bonds is 4. The van der Waals surface area contributed by atoms with Crippen LogP contribution in [0.1, 0.15) is 49.8 Å². The van der Waals surface area contributed by atoms with E-state index in [0.29, 0.717) is 19.5 Å². The van der Waals surface area contributed by atoms with Gasteiger partial charge < -0.3 is 15.7 Å². The van der Waals surface area contributed by atoms with Gasteiger partial charge in [0.2, 0.25) is 5.91 Å². The van der Waals surface area contributed by atoms with Crippen LogP contribution in [0.3, 0.4) is 0 Å². The van der Waals surface area contributed by atoms with E-state index in [4.69, 9.17) is 0 Å². The molecule has 1 heterocycles. The number of benzene rings is 1. The minimum absolute atomic E-state index is 0.0721. The van der Waals surface area contributed by atoms with Gasteiger partial charge in [0.15, 0.2) is 0 Å². The average molecular weight is 316 g/mol. The molecule has 0 spiro atoms. The van der Waals surface area contributed by atoms with Crippen molar-refractivity contribution in [1.82, 2.24) is 10.6 Å². The van der Waals surface area contributed by atoms with Gasteiger partial charge in [-0.15, -0.1) is 0 Å². The molecule has 3 N–H and O–H groups in total. The molecule has 0 aromatic heterocycles. The Hall–Kier alpha value is -1.39. The van der Waals surface area contributed by atoms with Crippen LogP contribution in [-0.4, -0.2) is 29.7 Å².